The first-order chi connectivity index (χ1) is 13.0. The van der Waals surface area contributed by atoms with Crippen LogP contribution in [0, 0.1) is 6.92 Å². The van der Waals surface area contributed by atoms with Gasteiger partial charge in [-0.25, -0.2) is 0 Å². The molecule has 4 heteroatoms. The summed E-state index contributed by atoms with van der Waals surface area (Å²) in [7, 11) is 0. The minimum atomic E-state index is -0.179. The van der Waals surface area contributed by atoms with Crippen molar-refractivity contribution in [2.45, 2.75) is 19.9 Å². The third-order valence-corrected chi connectivity index (χ3v) is 4.95. The maximum Gasteiger partial charge on any atom is 0.252 e. The molecular weight excluding hydrogens is 336 g/mol. The third kappa shape index (κ3) is 3.22. The zero-order valence-corrected chi connectivity index (χ0v) is 15.2. The minimum Gasteiger partial charge on any atom is -0.345 e. The van der Waals surface area contributed by atoms with Gasteiger partial charge in [0.05, 0.1) is 6.04 Å². The van der Waals surface area contributed by atoms with E-state index in [1.54, 1.807) is 12.1 Å². The van der Waals surface area contributed by atoms with Gasteiger partial charge in [0, 0.05) is 17.1 Å². The third-order valence-electron chi connectivity index (χ3n) is 4.95. The molecule has 0 aliphatic heterocycles. The molecule has 134 valence electrons. The standard InChI is InChI=1S/C23H20N2O2/c1-14-12-17-10-11-22(26)25-21(17)13-20(14)23(27)24-15(2)18-9-5-7-16-6-3-4-8-19(16)18/h3-13,15H,1-2H3,(H,24,27)(H,25,26)/t15-/m1/s1. The molecule has 0 aliphatic carbocycles. The van der Waals surface area contributed by atoms with Crippen molar-refractivity contribution in [1.82, 2.24) is 10.3 Å². The molecule has 0 bridgehead atoms. The maximum absolute atomic E-state index is 12.9. The Morgan fingerprint density at radius 3 is 2.59 bits per heavy atom. The lowest BCUT2D eigenvalue weighted by molar-refractivity contribution is 0.0939. The molecule has 0 aliphatic rings. The van der Waals surface area contributed by atoms with Gasteiger partial charge in [-0.1, -0.05) is 42.5 Å². The summed E-state index contributed by atoms with van der Waals surface area (Å²) < 4.78 is 0. The molecule has 3 aromatic carbocycles. The van der Waals surface area contributed by atoms with E-state index in [1.165, 1.54) is 6.07 Å². The first kappa shape index (κ1) is 17.0. The van der Waals surface area contributed by atoms with E-state index in [0.717, 1.165) is 27.3 Å². The Kier molecular flexibility index (Phi) is 4.24. The Morgan fingerprint density at radius 2 is 1.74 bits per heavy atom. The van der Waals surface area contributed by atoms with Crippen molar-refractivity contribution in [3.8, 4) is 0 Å². The molecule has 27 heavy (non-hydrogen) atoms. The predicted molar refractivity (Wildman–Crippen MR) is 109 cm³/mol. The maximum atomic E-state index is 12.9. The quantitative estimate of drug-likeness (QED) is 0.568. The molecule has 0 unspecified atom stereocenters. The van der Waals surface area contributed by atoms with Gasteiger partial charge < -0.3 is 10.3 Å². The summed E-state index contributed by atoms with van der Waals surface area (Å²) in [6.07, 6.45) is 0. The summed E-state index contributed by atoms with van der Waals surface area (Å²) in [5.74, 6) is -0.153. The van der Waals surface area contributed by atoms with Crippen LogP contribution in [0.4, 0.5) is 0 Å². The van der Waals surface area contributed by atoms with E-state index in [9.17, 15) is 9.59 Å². The molecule has 0 spiro atoms. The van der Waals surface area contributed by atoms with Crippen LogP contribution in [0.1, 0.15) is 34.5 Å². The molecule has 4 aromatic rings. The number of pyridine rings is 1. The smallest absolute Gasteiger partial charge is 0.252 e. The van der Waals surface area contributed by atoms with Crippen LogP contribution in [-0.4, -0.2) is 10.9 Å². The Hall–Kier alpha value is -3.40. The molecular formula is C23H20N2O2. The second-order valence-electron chi connectivity index (χ2n) is 6.84. The van der Waals surface area contributed by atoms with E-state index in [1.807, 2.05) is 44.2 Å². The van der Waals surface area contributed by atoms with Crippen molar-refractivity contribution in [3.05, 3.63) is 93.8 Å². The minimum absolute atomic E-state index is 0.145. The average Bonchev–Trinajstić information content (AvgIpc) is 2.67. The van der Waals surface area contributed by atoms with Crippen LogP contribution in [-0.2, 0) is 0 Å². The Balaban J connectivity index is 1.68. The summed E-state index contributed by atoms with van der Waals surface area (Å²) >= 11 is 0. The van der Waals surface area contributed by atoms with Crippen molar-refractivity contribution >= 4 is 27.6 Å². The summed E-state index contributed by atoms with van der Waals surface area (Å²) in [4.78, 5) is 27.3. The number of hydrogen-bond donors (Lipinski definition) is 2. The molecule has 1 atom stereocenters. The van der Waals surface area contributed by atoms with Crippen LogP contribution in [0.25, 0.3) is 21.7 Å². The number of carbonyl (C=O) groups is 1. The van der Waals surface area contributed by atoms with Crippen LogP contribution in [0.5, 0.6) is 0 Å². The van der Waals surface area contributed by atoms with Gasteiger partial charge in [0.15, 0.2) is 0 Å². The number of rotatable bonds is 3. The lowest BCUT2D eigenvalue weighted by atomic mass is 9.99. The summed E-state index contributed by atoms with van der Waals surface area (Å²) in [5.41, 5.74) is 3.00. The van der Waals surface area contributed by atoms with E-state index in [4.69, 9.17) is 0 Å². The first-order valence-corrected chi connectivity index (χ1v) is 8.95. The molecule has 0 saturated carbocycles. The van der Waals surface area contributed by atoms with Gasteiger partial charge in [-0.2, -0.15) is 0 Å². The predicted octanol–water partition coefficient (Wildman–Crippen LogP) is 4.48. The molecule has 1 aromatic heterocycles. The highest BCUT2D eigenvalue weighted by Gasteiger charge is 2.16. The molecule has 0 fully saturated rings. The van der Waals surface area contributed by atoms with Crippen LogP contribution in [0.2, 0.25) is 0 Å². The number of aryl methyl sites for hydroxylation is 1. The van der Waals surface area contributed by atoms with Gasteiger partial charge in [0.1, 0.15) is 0 Å². The van der Waals surface area contributed by atoms with Gasteiger partial charge in [0.25, 0.3) is 5.91 Å². The SMILES string of the molecule is Cc1cc2ccc(=O)[nH]c2cc1C(=O)N[C@H](C)c1cccc2ccccc12. The van der Waals surface area contributed by atoms with Crippen molar-refractivity contribution in [2.75, 3.05) is 0 Å². The van der Waals surface area contributed by atoms with E-state index < -0.39 is 0 Å². The number of hydrogen-bond acceptors (Lipinski definition) is 2. The summed E-state index contributed by atoms with van der Waals surface area (Å²) in [6.45, 7) is 3.89. The van der Waals surface area contributed by atoms with E-state index >= 15 is 0 Å². The van der Waals surface area contributed by atoms with Gasteiger partial charge in [-0.15, -0.1) is 0 Å². The molecule has 4 nitrogen and oxygen atoms in total. The molecule has 1 amide bonds. The molecule has 1 heterocycles. The lowest BCUT2D eigenvalue weighted by Gasteiger charge is -2.18. The number of carbonyl (C=O) groups excluding carboxylic acids is 1. The molecule has 0 saturated heterocycles. The highest BCUT2D eigenvalue weighted by atomic mass is 16.1. The van der Waals surface area contributed by atoms with Crippen LogP contribution in [0.15, 0.2) is 71.5 Å². The lowest BCUT2D eigenvalue weighted by Crippen LogP contribution is -2.27. The monoisotopic (exact) mass is 356 g/mol. The van der Waals surface area contributed by atoms with Crippen molar-refractivity contribution in [3.63, 3.8) is 0 Å². The highest BCUT2D eigenvalue weighted by Crippen LogP contribution is 2.25. The Labute approximate surface area is 156 Å². The average molecular weight is 356 g/mol. The Bertz CT molecular complexity index is 1220. The number of aromatic amines is 1. The second kappa shape index (κ2) is 6.72. The van der Waals surface area contributed by atoms with Gasteiger partial charge in [0.2, 0.25) is 5.56 Å². The zero-order chi connectivity index (χ0) is 19.0. The highest BCUT2D eigenvalue weighted by molar-refractivity contribution is 6.00. The number of H-pyrrole nitrogens is 1. The first-order valence-electron chi connectivity index (χ1n) is 8.95. The fraction of sp³-hybridized carbons (Fsp3) is 0.130. The van der Waals surface area contributed by atoms with Crippen molar-refractivity contribution in [2.24, 2.45) is 0 Å². The van der Waals surface area contributed by atoms with Crippen LogP contribution >= 0.6 is 0 Å². The summed E-state index contributed by atoms with van der Waals surface area (Å²) in [6, 6.07) is 21.0. The van der Waals surface area contributed by atoms with Gasteiger partial charge in [-0.3, -0.25) is 9.59 Å². The summed E-state index contributed by atoms with van der Waals surface area (Å²) in [5, 5.41) is 6.28. The van der Waals surface area contributed by atoms with Crippen LogP contribution in [0.3, 0.4) is 0 Å². The largest absolute Gasteiger partial charge is 0.345 e. The molecule has 0 radical (unpaired) electrons. The fourth-order valence-corrected chi connectivity index (χ4v) is 3.54. The number of amides is 1. The number of nitrogens with one attached hydrogen (secondary N) is 2. The number of benzene rings is 3. The van der Waals surface area contributed by atoms with Crippen molar-refractivity contribution < 1.29 is 4.79 Å². The normalized spacial score (nSPS) is 12.2. The fourth-order valence-electron chi connectivity index (χ4n) is 3.54. The Morgan fingerprint density at radius 1 is 0.963 bits per heavy atom. The van der Waals surface area contributed by atoms with Gasteiger partial charge >= 0.3 is 0 Å². The van der Waals surface area contributed by atoms with E-state index in [-0.39, 0.29) is 17.5 Å². The van der Waals surface area contributed by atoms with Gasteiger partial charge in [-0.05, 0) is 59.3 Å². The van der Waals surface area contributed by atoms with Crippen LogP contribution < -0.4 is 10.9 Å². The molecule has 2 N–H and O–H groups in total. The van der Waals surface area contributed by atoms with E-state index in [2.05, 4.69) is 28.5 Å². The van der Waals surface area contributed by atoms with Crippen molar-refractivity contribution in [1.29, 1.82) is 0 Å². The second-order valence-corrected chi connectivity index (χ2v) is 6.84. The number of fused-ring (bicyclic) bond motifs is 2. The molecule has 4 rings (SSSR count). The topological polar surface area (TPSA) is 62.0 Å². The number of aromatic nitrogens is 1. The van der Waals surface area contributed by atoms with E-state index in [0.29, 0.717) is 11.1 Å². The zero-order valence-electron chi connectivity index (χ0n) is 15.2.